The number of hydrogen-bond donors (Lipinski definition) is 0. The number of nitrogens with zero attached hydrogens (tertiary/aromatic N) is 5. The van der Waals surface area contributed by atoms with Gasteiger partial charge in [0.05, 0.1) is 18.0 Å². The van der Waals surface area contributed by atoms with Crippen LogP contribution in [0.4, 0.5) is 4.39 Å². The van der Waals surface area contributed by atoms with E-state index >= 15 is 0 Å². The van der Waals surface area contributed by atoms with Crippen LogP contribution in [-0.2, 0) is 23.5 Å². The van der Waals surface area contributed by atoms with Gasteiger partial charge in [0.2, 0.25) is 10.0 Å². The molecule has 1 fully saturated rings. The third-order valence-electron chi connectivity index (χ3n) is 5.78. The molecule has 3 aromatic rings. The van der Waals surface area contributed by atoms with E-state index in [2.05, 4.69) is 15.4 Å². The SMILES string of the molecule is Cc1ccc(S(=O)(=O)N2C(CCCc3nnn(C)n3)CCC2c2ccc(F)cc2)cc1. The van der Waals surface area contributed by atoms with Crippen molar-refractivity contribution in [1.29, 1.82) is 0 Å². The van der Waals surface area contributed by atoms with Gasteiger partial charge >= 0.3 is 0 Å². The molecule has 7 nitrogen and oxygen atoms in total. The van der Waals surface area contributed by atoms with E-state index in [4.69, 9.17) is 0 Å². The van der Waals surface area contributed by atoms with Gasteiger partial charge in [-0.25, -0.2) is 12.8 Å². The number of aromatic nitrogens is 4. The van der Waals surface area contributed by atoms with Crippen LogP contribution in [0.2, 0.25) is 0 Å². The van der Waals surface area contributed by atoms with Gasteiger partial charge in [0.25, 0.3) is 0 Å². The van der Waals surface area contributed by atoms with Crippen molar-refractivity contribution in [2.45, 2.75) is 56.0 Å². The van der Waals surface area contributed by atoms with Crippen LogP contribution >= 0.6 is 0 Å². The van der Waals surface area contributed by atoms with Crippen LogP contribution in [0.3, 0.4) is 0 Å². The van der Waals surface area contributed by atoms with Crippen LogP contribution in [0.15, 0.2) is 53.4 Å². The van der Waals surface area contributed by atoms with Crippen LogP contribution < -0.4 is 0 Å². The van der Waals surface area contributed by atoms with Gasteiger partial charge in [-0.2, -0.15) is 9.10 Å². The first-order valence-electron chi connectivity index (χ1n) is 10.4. The Bertz CT molecular complexity index is 1130. The number of benzene rings is 2. The fourth-order valence-electron chi connectivity index (χ4n) is 4.24. The molecule has 0 amide bonds. The van der Waals surface area contributed by atoms with Gasteiger partial charge < -0.3 is 0 Å². The van der Waals surface area contributed by atoms with Crippen molar-refractivity contribution >= 4 is 10.0 Å². The highest BCUT2D eigenvalue weighted by Gasteiger charge is 2.42. The molecule has 31 heavy (non-hydrogen) atoms. The number of sulfonamides is 1. The predicted molar refractivity (Wildman–Crippen MR) is 114 cm³/mol. The van der Waals surface area contributed by atoms with Gasteiger partial charge in [0, 0.05) is 12.5 Å². The van der Waals surface area contributed by atoms with Crippen LogP contribution in [0, 0.1) is 12.7 Å². The molecule has 4 rings (SSSR count). The Morgan fingerprint density at radius 1 is 1.06 bits per heavy atom. The van der Waals surface area contributed by atoms with E-state index in [-0.39, 0.29) is 22.8 Å². The summed E-state index contributed by atoms with van der Waals surface area (Å²) < 4.78 is 42.4. The number of halogens is 1. The highest BCUT2D eigenvalue weighted by molar-refractivity contribution is 7.89. The molecule has 1 saturated heterocycles. The zero-order valence-electron chi connectivity index (χ0n) is 17.6. The molecule has 2 atom stereocenters. The van der Waals surface area contributed by atoms with Crippen molar-refractivity contribution in [3.05, 3.63) is 71.3 Å². The fraction of sp³-hybridized carbons (Fsp3) is 0.409. The number of hydrogen-bond acceptors (Lipinski definition) is 5. The molecule has 1 aliphatic rings. The van der Waals surface area contributed by atoms with Crippen molar-refractivity contribution in [3.63, 3.8) is 0 Å². The summed E-state index contributed by atoms with van der Waals surface area (Å²) in [6.45, 7) is 1.93. The lowest BCUT2D eigenvalue weighted by molar-refractivity contribution is 0.309. The van der Waals surface area contributed by atoms with Gasteiger partial charge in [0.15, 0.2) is 5.82 Å². The van der Waals surface area contributed by atoms with Gasteiger partial charge in [-0.1, -0.05) is 29.8 Å². The third-order valence-corrected chi connectivity index (χ3v) is 7.75. The Balaban J connectivity index is 1.60. The predicted octanol–water partition coefficient (Wildman–Crippen LogP) is 3.57. The second-order valence-corrected chi connectivity index (χ2v) is 9.88. The zero-order valence-corrected chi connectivity index (χ0v) is 18.5. The zero-order chi connectivity index (χ0) is 22.0. The Morgan fingerprint density at radius 3 is 2.42 bits per heavy atom. The molecule has 0 aliphatic carbocycles. The van der Waals surface area contributed by atoms with Gasteiger partial charge in [0.1, 0.15) is 5.82 Å². The number of aryl methyl sites for hydroxylation is 3. The lowest BCUT2D eigenvalue weighted by Crippen LogP contribution is -2.37. The van der Waals surface area contributed by atoms with E-state index < -0.39 is 10.0 Å². The first-order chi connectivity index (χ1) is 14.8. The lowest BCUT2D eigenvalue weighted by atomic mass is 10.0. The van der Waals surface area contributed by atoms with Crippen LogP contribution in [-0.4, -0.2) is 39.0 Å². The van der Waals surface area contributed by atoms with E-state index in [1.165, 1.54) is 16.9 Å². The molecule has 0 radical (unpaired) electrons. The molecule has 1 aliphatic heterocycles. The molecular formula is C22H26FN5O2S. The highest BCUT2D eigenvalue weighted by atomic mass is 32.2. The summed E-state index contributed by atoms with van der Waals surface area (Å²) >= 11 is 0. The fourth-order valence-corrected chi connectivity index (χ4v) is 6.13. The summed E-state index contributed by atoms with van der Waals surface area (Å²) in [5.74, 6) is 0.325. The molecule has 0 saturated carbocycles. The van der Waals surface area contributed by atoms with E-state index in [1.807, 2.05) is 19.1 Å². The molecule has 0 bridgehead atoms. The van der Waals surface area contributed by atoms with Crippen LogP contribution in [0.1, 0.15) is 48.7 Å². The maximum absolute atomic E-state index is 13.7. The second kappa shape index (κ2) is 8.84. The Morgan fingerprint density at radius 2 is 1.77 bits per heavy atom. The topological polar surface area (TPSA) is 81.0 Å². The molecule has 2 unspecified atom stereocenters. The smallest absolute Gasteiger partial charge is 0.207 e. The maximum atomic E-state index is 13.7. The van der Waals surface area contributed by atoms with Gasteiger partial charge in [-0.15, -0.1) is 10.2 Å². The minimum atomic E-state index is -3.71. The summed E-state index contributed by atoms with van der Waals surface area (Å²) in [7, 11) is -1.99. The van der Waals surface area contributed by atoms with Crippen molar-refractivity contribution < 1.29 is 12.8 Å². The Hall–Kier alpha value is -2.65. The first kappa shape index (κ1) is 21.6. The highest BCUT2D eigenvalue weighted by Crippen LogP contribution is 2.42. The summed E-state index contributed by atoms with van der Waals surface area (Å²) in [6.07, 6.45) is 3.54. The molecule has 164 valence electrons. The van der Waals surface area contributed by atoms with E-state index in [9.17, 15) is 12.8 Å². The molecule has 1 aromatic heterocycles. The molecular weight excluding hydrogens is 417 g/mol. The lowest BCUT2D eigenvalue weighted by Gasteiger charge is -2.30. The minimum Gasteiger partial charge on any atom is -0.207 e. The molecule has 2 heterocycles. The van der Waals surface area contributed by atoms with Crippen LogP contribution in [0.25, 0.3) is 0 Å². The molecule has 9 heteroatoms. The average molecular weight is 444 g/mol. The van der Waals surface area contributed by atoms with E-state index in [1.54, 1.807) is 35.6 Å². The summed E-state index contributed by atoms with van der Waals surface area (Å²) in [5.41, 5.74) is 1.82. The van der Waals surface area contributed by atoms with E-state index in [0.717, 1.165) is 24.0 Å². The quantitative estimate of drug-likeness (QED) is 0.558. The van der Waals surface area contributed by atoms with Crippen molar-refractivity contribution in [2.75, 3.05) is 0 Å². The second-order valence-electron chi connectivity index (χ2n) is 8.03. The average Bonchev–Trinajstić information content (AvgIpc) is 3.36. The summed E-state index contributed by atoms with van der Waals surface area (Å²) in [5, 5.41) is 12.1. The monoisotopic (exact) mass is 443 g/mol. The summed E-state index contributed by atoms with van der Waals surface area (Å²) in [6, 6.07) is 12.6. The first-order valence-corrected chi connectivity index (χ1v) is 11.9. The van der Waals surface area contributed by atoms with Gasteiger partial charge in [-0.05, 0) is 67.6 Å². The molecule has 0 N–H and O–H groups in total. The van der Waals surface area contributed by atoms with Crippen LogP contribution in [0.5, 0.6) is 0 Å². The van der Waals surface area contributed by atoms with Crippen molar-refractivity contribution in [2.24, 2.45) is 7.05 Å². The Labute approximate surface area is 181 Å². The number of rotatable bonds is 7. The van der Waals surface area contributed by atoms with Crippen molar-refractivity contribution in [1.82, 2.24) is 24.5 Å². The maximum Gasteiger partial charge on any atom is 0.243 e. The number of tetrazole rings is 1. The normalized spacial score (nSPS) is 19.7. The summed E-state index contributed by atoms with van der Waals surface area (Å²) in [4.78, 5) is 1.71. The largest absolute Gasteiger partial charge is 0.243 e. The van der Waals surface area contributed by atoms with Crippen molar-refractivity contribution in [3.8, 4) is 0 Å². The third kappa shape index (κ3) is 4.67. The minimum absolute atomic E-state index is 0.141. The standard InChI is InChI=1S/C22H26FN5O2S/c1-16-6-13-20(14-7-16)31(29,30)28-19(4-3-5-22-24-26-27(2)25-22)12-15-21(28)17-8-10-18(23)11-9-17/h6-11,13-14,19,21H,3-5,12,15H2,1-2H3. The molecule has 0 spiro atoms. The molecule has 2 aromatic carbocycles. The van der Waals surface area contributed by atoms with E-state index in [0.29, 0.717) is 25.1 Å². The Kier molecular flexibility index (Phi) is 6.15. The van der Waals surface area contributed by atoms with Gasteiger partial charge in [-0.3, -0.25) is 0 Å².